The van der Waals surface area contributed by atoms with Crippen LogP contribution in [0.25, 0.3) is 0 Å². The molecule has 1 aromatic rings. The highest BCUT2D eigenvalue weighted by Gasteiger charge is 2.25. The molecule has 3 amide bonds. The summed E-state index contributed by atoms with van der Waals surface area (Å²) in [5.74, 6) is -0.259. The number of anilines is 1. The number of benzene rings is 1. The van der Waals surface area contributed by atoms with Gasteiger partial charge in [-0.3, -0.25) is 14.4 Å². The van der Waals surface area contributed by atoms with E-state index in [9.17, 15) is 14.4 Å². The molecule has 1 aliphatic carbocycles. The molecule has 1 saturated carbocycles. The fraction of sp³-hybridized carbons (Fsp3) is 0.471. The predicted molar refractivity (Wildman–Crippen MR) is 86.2 cm³/mol. The minimum Gasteiger partial charge on any atom is -0.352 e. The summed E-state index contributed by atoms with van der Waals surface area (Å²) in [7, 11) is 1.61. The van der Waals surface area contributed by atoms with Gasteiger partial charge in [0.1, 0.15) is 0 Å². The van der Waals surface area contributed by atoms with Crippen molar-refractivity contribution in [2.45, 2.75) is 31.7 Å². The number of carbonyl (C=O) groups is 3. The van der Waals surface area contributed by atoms with E-state index in [1.54, 1.807) is 30.1 Å². The molecule has 1 saturated heterocycles. The van der Waals surface area contributed by atoms with Crippen LogP contribution in [0.15, 0.2) is 24.3 Å². The highest BCUT2D eigenvalue weighted by Crippen LogP contribution is 2.23. The summed E-state index contributed by atoms with van der Waals surface area (Å²) < 4.78 is 0. The van der Waals surface area contributed by atoms with Gasteiger partial charge in [-0.05, 0) is 37.5 Å². The van der Waals surface area contributed by atoms with E-state index in [0.29, 0.717) is 18.5 Å². The van der Waals surface area contributed by atoms with Crippen LogP contribution in [-0.4, -0.2) is 48.8 Å². The molecular weight excluding hydrogens is 294 g/mol. The van der Waals surface area contributed by atoms with Gasteiger partial charge in [0.25, 0.3) is 5.91 Å². The standard InChI is InChI=1S/C17H21N3O3/c1-19(11-15(21)18-13-7-8-13)17(23)12-4-2-5-14(10-12)20-9-3-6-16(20)22/h2,4-5,10,13H,3,6-9,11H2,1H3,(H,18,21). The molecule has 122 valence electrons. The molecule has 1 aliphatic heterocycles. The quantitative estimate of drug-likeness (QED) is 0.886. The number of rotatable bonds is 5. The molecule has 0 aromatic heterocycles. The van der Waals surface area contributed by atoms with Crippen LogP contribution in [0, 0.1) is 0 Å². The van der Waals surface area contributed by atoms with Gasteiger partial charge in [-0.2, -0.15) is 0 Å². The predicted octanol–water partition coefficient (Wildman–Crippen LogP) is 1.16. The summed E-state index contributed by atoms with van der Waals surface area (Å²) in [6.07, 6.45) is 3.45. The van der Waals surface area contributed by atoms with Gasteiger partial charge < -0.3 is 15.1 Å². The first-order valence-corrected chi connectivity index (χ1v) is 8.00. The van der Waals surface area contributed by atoms with Crippen molar-refractivity contribution in [2.24, 2.45) is 0 Å². The fourth-order valence-corrected chi connectivity index (χ4v) is 2.74. The Morgan fingerprint density at radius 1 is 1.35 bits per heavy atom. The summed E-state index contributed by atoms with van der Waals surface area (Å²) in [5, 5.41) is 2.87. The normalized spacial score (nSPS) is 17.3. The van der Waals surface area contributed by atoms with E-state index < -0.39 is 0 Å². The molecular formula is C17H21N3O3. The second-order valence-corrected chi connectivity index (χ2v) is 6.20. The Kier molecular flexibility index (Phi) is 4.32. The SMILES string of the molecule is CN(CC(=O)NC1CC1)C(=O)c1cccc(N2CCCC2=O)c1. The maximum atomic E-state index is 12.5. The second kappa shape index (κ2) is 6.40. The van der Waals surface area contributed by atoms with Crippen LogP contribution in [0.1, 0.15) is 36.0 Å². The number of nitrogens with one attached hydrogen (secondary N) is 1. The molecule has 0 unspecified atom stereocenters. The molecule has 6 nitrogen and oxygen atoms in total. The topological polar surface area (TPSA) is 69.7 Å². The van der Waals surface area contributed by atoms with E-state index in [1.165, 1.54) is 4.90 Å². The highest BCUT2D eigenvalue weighted by atomic mass is 16.2. The first-order chi connectivity index (χ1) is 11.0. The van der Waals surface area contributed by atoms with Crippen molar-refractivity contribution in [3.05, 3.63) is 29.8 Å². The van der Waals surface area contributed by atoms with Crippen molar-refractivity contribution >= 4 is 23.4 Å². The maximum Gasteiger partial charge on any atom is 0.254 e. The third kappa shape index (κ3) is 3.70. The Morgan fingerprint density at radius 3 is 2.78 bits per heavy atom. The minimum absolute atomic E-state index is 0.0439. The van der Waals surface area contributed by atoms with Crippen LogP contribution in [0.5, 0.6) is 0 Å². The zero-order valence-electron chi connectivity index (χ0n) is 13.2. The Bertz CT molecular complexity index is 640. The van der Waals surface area contributed by atoms with Crippen molar-refractivity contribution in [1.29, 1.82) is 0 Å². The Morgan fingerprint density at radius 2 is 2.13 bits per heavy atom. The van der Waals surface area contributed by atoms with E-state index in [2.05, 4.69) is 5.32 Å². The first kappa shape index (κ1) is 15.5. The van der Waals surface area contributed by atoms with Gasteiger partial charge in [-0.1, -0.05) is 6.07 Å². The van der Waals surface area contributed by atoms with E-state index in [1.807, 2.05) is 6.07 Å². The number of carbonyl (C=O) groups excluding carboxylic acids is 3. The van der Waals surface area contributed by atoms with Crippen molar-refractivity contribution in [3.8, 4) is 0 Å². The van der Waals surface area contributed by atoms with Gasteiger partial charge in [0.15, 0.2) is 0 Å². The van der Waals surface area contributed by atoms with Crippen LogP contribution in [0.2, 0.25) is 0 Å². The molecule has 2 aliphatic rings. The third-order valence-corrected chi connectivity index (χ3v) is 4.15. The van der Waals surface area contributed by atoms with E-state index in [0.717, 1.165) is 24.9 Å². The zero-order chi connectivity index (χ0) is 16.4. The molecule has 0 spiro atoms. The molecule has 0 atom stereocenters. The minimum atomic E-state index is -0.218. The monoisotopic (exact) mass is 315 g/mol. The molecule has 23 heavy (non-hydrogen) atoms. The van der Waals surface area contributed by atoms with Gasteiger partial charge in [-0.25, -0.2) is 0 Å². The van der Waals surface area contributed by atoms with Crippen LogP contribution >= 0.6 is 0 Å². The molecule has 3 rings (SSSR count). The van der Waals surface area contributed by atoms with Crippen LogP contribution < -0.4 is 10.2 Å². The van der Waals surface area contributed by atoms with E-state index in [-0.39, 0.29) is 30.3 Å². The van der Waals surface area contributed by atoms with Gasteiger partial charge in [0.2, 0.25) is 11.8 Å². The van der Waals surface area contributed by atoms with Gasteiger partial charge >= 0.3 is 0 Å². The van der Waals surface area contributed by atoms with Gasteiger partial charge in [0.05, 0.1) is 6.54 Å². The van der Waals surface area contributed by atoms with Gasteiger partial charge in [-0.15, -0.1) is 0 Å². The molecule has 1 aromatic carbocycles. The summed E-state index contributed by atoms with van der Waals surface area (Å²) in [6.45, 7) is 0.734. The number of amides is 3. The Hall–Kier alpha value is -2.37. The largest absolute Gasteiger partial charge is 0.352 e. The maximum absolute atomic E-state index is 12.5. The number of nitrogens with zero attached hydrogens (tertiary/aromatic N) is 2. The fourth-order valence-electron chi connectivity index (χ4n) is 2.74. The lowest BCUT2D eigenvalue weighted by Gasteiger charge is -2.19. The molecule has 0 radical (unpaired) electrons. The first-order valence-electron chi connectivity index (χ1n) is 8.00. The molecule has 1 heterocycles. The Labute approximate surface area is 135 Å². The number of hydrogen-bond donors (Lipinski definition) is 1. The van der Waals surface area contributed by atoms with Crippen LogP contribution in [0.4, 0.5) is 5.69 Å². The van der Waals surface area contributed by atoms with Crippen LogP contribution in [-0.2, 0) is 9.59 Å². The van der Waals surface area contributed by atoms with Crippen molar-refractivity contribution in [1.82, 2.24) is 10.2 Å². The average Bonchev–Trinajstić information content (AvgIpc) is 3.24. The smallest absolute Gasteiger partial charge is 0.254 e. The summed E-state index contributed by atoms with van der Waals surface area (Å²) in [5.41, 5.74) is 1.23. The van der Waals surface area contributed by atoms with E-state index in [4.69, 9.17) is 0 Å². The van der Waals surface area contributed by atoms with Crippen molar-refractivity contribution in [2.75, 3.05) is 25.0 Å². The zero-order valence-corrected chi connectivity index (χ0v) is 13.2. The lowest BCUT2D eigenvalue weighted by Crippen LogP contribution is -2.39. The number of hydrogen-bond acceptors (Lipinski definition) is 3. The second-order valence-electron chi connectivity index (χ2n) is 6.20. The lowest BCUT2D eigenvalue weighted by atomic mass is 10.1. The molecule has 0 bridgehead atoms. The third-order valence-electron chi connectivity index (χ3n) is 4.15. The van der Waals surface area contributed by atoms with E-state index >= 15 is 0 Å². The summed E-state index contributed by atoms with van der Waals surface area (Å²) in [6, 6.07) is 7.32. The molecule has 1 N–H and O–H groups in total. The van der Waals surface area contributed by atoms with Crippen molar-refractivity contribution < 1.29 is 14.4 Å². The summed E-state index contributed by atoms with van der Waals surface area (Å²) >= 11 is 0. The summed E-state index contributed by atoms with van der Waals surface area (Å²) in [4.78, 5) is 39.2. The highest BCUT2D eigenvalue weighted by molar-refractivity contribution is 6.00. The van der Waals surface area contributed by atoms with Crippen molar-refractivity contribution in [3.63, 3.8) is 0 Å². The molecule has 6 heteroatoms. The lowest BCUT2D eigenvalue weighted by molar-refractivity contribution is -0.121. The van der Waals surface area contributed by atoms with Crippen LogP contribution in [0.3, 0.4) is 0 Å². The molecule has 2 fully saturated rings. The van der Waals surface area contributed by atoms with Gasteiger partial charge in [0, 0.05) is 37.3 Å². The average molecular weight is 315 g/mol. The number of likely N-dealkylation sites (N-methyl/N-ethyl adjacent to an activating group) is 1. The Balaban J connectivity index is 1.66.